The summed E-state index contributed by atoms with van der Waals surface area (Å²) in [5.41, 5.74) is 1.02. The zero-order chi connectivity index (χ0) is 24.1. The maximum atomic E-state index is 12.9. The summed E-state index contributed by atoms with van der Waals surface area (Å²) in [6, 6.07) is 14.8. The van der Waals surface area contributed by atoms with Crippen molar-refractivity contribution in [3.63, 3.8) is 0 Å². The van der Waals surface area contributed by atoms with E-state index in [1.165, 1.54) is 0 Å². The Morgan fingerprint density at radius 1 is 1.09 bits per heavy atom. The van der Waals surface area contributed by atoms with E-state index in [2.05, 4.69) is 17.6 Å². The van der Waals surface area contributed by atoms with Gasteiger partial charge >= 0.3 is 6.03 Å². The fourth-order valence-electron chi connectivity index (χ4n) is 4.49. The van der Waals surface area contributed by atoms with Crippen molar-refractivity contribution in [1.29, 1.82) is 0 Å². The van der Waals surface area contributed by atoms with E-state index in [4.69, 9.17) is 9.47 Å². The molecule has 1 heterocycles. The minimum Gasteiger partial charge on any atom is -0.493 e. The van der Waals surface area contributed by atoms with Crippen molar-refractivity contribution in [3.8, 4) is 11.5 Å². The summed E-state index contributed by atoms with van der Waals surface area (Å²) in [7, 11) is 1.56. The van der Waals surface area contributed by atoms with E-state index < -0.39 is 17.5 Å². The number of imide groups is 1. The number of hydrogen-bond donors (Lipinski definition) is 2. The van der Waals surface area contributed by atoms with Crippen LogP contribution >= 0.6 is 0 Å². The van der Waals surface area contributed by atoms with Crippen molar-refractivity contribution in [2.45, 2.75) is 51.3 Å². The van der Waals surface area contributed by atoms with Crippen molar-refractivity contribution >= 4 is 17.8 Å². The van der Waals surface area contributed by atoms with Gasteiger partial charge in [-0.2, -0.15) is 0 Å². The van der Waals surface area contributed by atoms with Crippen LogP contribution in [0.15, 0.2) is 48.5 Å². The molecule has 34 heavy (non-hydrogen) atoms. The van der Waals surface area contributed by atoms with Crippen molar-refractivity contribution in [2.24, 2.45) is 5.92 Å². The Hall–Kier alpha value is -3.55. The minimum atomic E-state index is -0.840. The van der Waals surface area contributed by atoms with Gasteiger partial charge in [-0.1, -0.05) is 43.3 Å². The monoisotopic (exact) mass is 465 g/mol. The van der Waals surface area contributed by atoms with Gasteiger partial charge in [0, 0.05) is 6.54 Å². The summed E-state index contributed by atoms with van der Waals surface area (Å²) in [6.45, 7) is 2.51. The molecule has 8 nitrogen and oxygen atoms in total. The fraction of sp³-hybridized carbons (Fsp3) is 0.423. The highest BCUT2D eigenvalue weighted by Gasteiger charge is 2.52. The second kappa shape index (κ2) is 10.2. The SMILES string of the molecule is COc1cc(CNC(=O)CN2C(=O)NC3(CCC(C)CC3)C2=O)ccc1OCc1ccccc1. The van der Waals surface area contributed by atoms with Gasteiger partial charge in [-0.3, -0.25) is 14.5 Å². The second-order valence-corrected chi connectivity index (χ2v) is 9.12. The van der Waals surface area contributed by atoms with E-state index in [-0.39, 0.29) is 19.0 Å². The van der Waals surface area contributed by atoms with Crippen LogP contribution in [0.1, 0.15) is 43.7 Å². The zero-order valence-corrected chi connectivity index (χ0v) is 19.6. The number of methoxy groups -OCH3 is 1. The van der Waals surface area contributed by atoms with Crippen molar-refractivity contribution in [1.82, 2.24) is 15.5 Å². The number of nitrogens with zero attached hydrogens (tertiary/aromatic N) is 1. The van der Waals surface area contributed by atoms with Crippen LogP contribution in [0.25, 0.3) is 0 Å². The van der Waals surface area contributed by atoms with Gasteiger partial charge < -0.3 is 20.1 Å². The van der Waals surface area contributed by atoms with E-state index in [1.807, 2.05) is 36.4 Å². The first-order valence-corrected chi connectivity index (χ1v) is 11.6. The first-order chi connectivity index (χ1) is 16.4. The maximum Gasteiger partial charge on any atom is 0.325 e. The number of amides is 4. The molecule has 0 atom stereocenters. The maximum absolute atomic E-state index is 12.9. The fourth-order valence-corrected chi connectivity index (χ4v) is 4.49. The molecule has 0 aromatic heterocycles. The van der Waals surface area contributed by atoms with E-state index in [9.17, 15) is 14.4 Å². The number of ether oxygens (including phenoxy) is 2. The number of carbonyl (C=O) groups excluding carboxylic acids is 3. The molecular formula is C26H31N3O5. The average Bonchev–Trinajstić information content (AvgIpc) is 3.08. The summed E-state index contributed by atoms with van der Waals surface area (Å²) < 4.78 is 11.3. The molecule has 2 fully saturated rings. The lowest BCUT2D eigenvalue weighted by atomic mass is 9.77. The number of rotatable bonds is 8. The third-order valence-corrected chi connectivity index (χ3v) is 6.63. The van der Waals surface area contributed by atoms with Gasteiger partial charge in [-0.05, 0) is 54.9 Å². The van der Waals surface area contributed by atoms with Gasteiger partial charge in [0.05, 0.1) is 7.11 Å². The second-order valence-electron chi connectivity index (χ2n) is 9.12. The van der Waals surface area contributed by atoms with Crippen LogP contribution in [0.4, 0.5) is 4.79 Å². The molecule has 4 amide bonds. The molecule has 2 N–H and O–H groups in total. The third-order valence-electron chi connectivity index (χ3n) is 6.63. The Balaban J connectivity index is 1.31. The molecule has 0 radical (unpaired) electrons. The van der Waals surface area contributed by atoms with Crippen molar-refractivity contribution in [3.05, 3.63) is 59.7 Å². The first kappa shape index (κ1) is 23.6. The highest BCUT2D eigenvalue weighted by Crippen LogP contribution is 2.36. The summed E-state index contributed by atoms with van der Waals surface area (Å²) in [5, 5.41) is 5.63. The summed E-state index contributed by atoms with van der Waals surface area (Å²) in [6.07, 6.45) is 3.02. The highest BCUT2D eigenvalue weighted by molar-refractivity contribution is 6.09. The van der Waals surface area contributed by atoms with Crippen molar-refractivity contribution < 1.29 is 23.9 Å². The molecule has 1 saturated heterocycles. The first-order valence-electron chi connectivity index (χ1n) is 11.6. The van der Waals surface area contributed by atoms with E-state index in [1.54, 1.807) is 19.2 Å². The zero-order valence-electron chi connectivity index (χ0n) is 19.6. The van der Waals surface area contributed by atoms with Gasteiger partial charge in [0.25, 0.3) is 5.91 Å². The van der Waals surface area contributed by atoms with Crippen LogP contribution in [0.2, 0.25) is 0 Å². The van der Waals surface area contributed by atoms with E-state index >= 15 is 0 Å². The van der Waals surface area contributed by atoms with Gasteiger partial charge in [0.2, 0.25) is 5.91 Å². The largest absolute Gasteiger partial charge is 0.493 e. The Labute approximate surface area is 199 Å². The normalized spacial score (nSPS) is 21.9. The predicted molar refractivity (Wildman–Crippen MR) is 126 cm³/mol. The molecule has 1 spiro atoms. The third kappa shape index (κ3) is 5.16. The van der Waals surface area contributed by atoms with Gasteiger partial charge in [-0.25, -0.2) is 4.79 Å². The molecule has 2 aromatic rings. The molecule has 0 bridgehead atoms. The quantitative estimate of drug-likeness (QED) is 0.583. The average molecular weight is 466 g/mol. The minimum absolute atomic E-state index is 0.237. The summed E-state index contributed by atoms with van der Waals surface area (Å²) >= 11 is 0. The molecule has 2 aromatic carbocycles. The van der Waals surface area contributed by atoms with Crippen LogP contribution in [-0.4, -0.2) is 41.9 Å². The molecule has 0 unspecified atom stereocenters. The van der Waals surface area contributed by atoms with Gasteiger partial charge in [-0.15, -0.1) is 0 Å². The lowest BCUT2D eigenvalue weighted by Gasteiger charge is -2.33. The number of benzene rings is 2. The van der Waals surface area contributed by atoms with Crippen LogP contribution < -0.4 is 20.1 Å². The lowest BCUT2D eigenvalue weighted by Crippen LogP contribution is -2.49. The van der Waals surface area contributed by atoms with E-state index in [0.29, 0.717) is 36.9 Å². The molecule has 4 rings (SSSR count). The molecule has 2 aliphatic rings. The van der Waals surface area contributed by atoms with Gasteiger partial charge in [0.1, 0.15) is 18.7 Å². The Bertz CT molecular complexity index is 1050. The number of carbonyl (C=O) groups is 3. The van der Waals surface area contributed by atoms with Crippen LogP contribution in [0.5, 0.6) is 11.5 Å². The highest BCUT2D eigenvalue weighted by atomic mass is 16.5. The topological polar surface area (TPSA) is 97.0 Å². The lowest BCUT2D eigenvalue weighted by molar-refractivity contribution is -0.136. The standard InChI is InChI=1S/C26H31N3O5/c1-18-10-12-26(13-11-18)24(31)29(25(32)28-26)16-23(30)27-15-20-8-9-21(22(14-20)33-2)34-17-19-6-4-3-5-7-19/h3-9,14,18H,10-13,15-17H2,1-2H3,(H,27,30)(H,28,32). The van der Waals surface area contributed by atoms with Crippen LogP contribution in [0.3, 0.4) is 0 Å². The number of nitrogens with one attached hydrogen (secondary N) is 2. The summed E-state index contributed by atoms with van der Waals surface area (Å²) in [4.78, 5) is 38.9. The number of urea groups is 1. The van der Waals surface area contributed by atoms with Crippen molar-refractivity contribution in [2.75, 3.05) is 13.7 Å². The van der Waals surface area contributed by atoms with Gasteiger partial charge in [0.15, 0.2) is 11.5 Å². The Kier molecular flexibility index (Phi) is 7.05. The number of hydrogen-bond acceptors (Lipinski definition) is 5. The van der Waals surface area contributed by atoms with Crippen LogP contribution in [-0.2, 0) is 22.7 Å². The Morgan fingerprint density at radius 3 is 2.53 bits per heavy atom. The predicted octanol–water partition coefficient (Wildman–Crippen LogP) is 3.39. The smallest absolute Gasteiger partial charge is 0.325 e. The Morgan fingerprint density at radius 2 is 1.82 bits per heavy atom. The molecule has 1 aliphatic heterocycles. The molecule has 1 saturated carbocycles. The molecule has 1 aliphatic carbocycles. The van der Waals surface area contributed by atoms with Crippen LogP contribution in [0, 0.1) is 5.92 Å². The molecular weight excluding hydrogens is 434 g/mol. The molecule has 180 valence electrons. The molecule has 8 heteroatoms. The van der Waals surface area contributed by atoms with E-state index in [0.717, 1.165) is 28.9 Å². The summed E-state index contributed by atoms with van der Waals surface area (Å²) in [5.74, 6) is 1.02.